The van der Waals surface area contributed by atoms with Gasteiger partial charge in [-0.3, -0.25) is 9.59 Å². The van der Waals surface area contributed by atoms with Crippen molar-refractivity contribution in [1.29, 1.82) is 0 Å². The standard InChI is InChI=1S/C24H30ClN5O3/c1-33-16-15-30(24(32)18-5-4-6-18)17-23(31)29-13-11-28(12-14-29)22-10-9-21(26-27-22)19-7-2-3-8-20(19)25/h2-3,7-10,18H,4-6,11-17H2,1H3. The highest BCUT2D eigenvalue weighted by molar-refractivity contribution is 6.33. The molecule has 1 aromatic heterocycles. The molecular weight excluding hydrogens is 442 g/mol. The number of piperazine rings is 1. The molecule has 0 bridgehead atoms. The van der Waals surface area contributed by atoms with E-state index < -0.39 is 0 Å². The highest BCUT2D eigenvalue weighted by Crippen LogP contribution is 2.28. The monoisotopic (exact) mass is 471 g/mol. The molecule has 0 radical (unpaired) electrons. The molecular formula is C24H30ClN5O3. The molecule has 0 N–H and O–H groups in total. The zero-order valence-electron chi connectivity index (χ0n) is 19.0. The fourth-order valence-electron chi connectivity index (χ4n) is 4.14. The summed E-state index contributed by atoms with van der Waals surface area (Å²) in [6.45, 7) is 3.50. The van der Waals surface area contributed by atoms with E-state index in [1.807, 2.05) is 41.3 Å². The van der Waals surface area contributed by atoms with Crippen molar-refractivity contribution in [2.24, 2.45) is 5.92 Å². The fourth-order valence-corrected chi connectivity index (χ4v) is 4.37. The largest absolute Gasteiger partial charge is 0.383 e. The summed E-state index contributed by atoms with van der Waals surface area (Å²) in [5.41, 5.74) is 1.58. The molecule has 1 saturated heterocycles. The first-order valence-corrected chi connectivity index (χ1v) is 11.8. The molecule has 8 nitrogen and oxygen atoms in total. The van der Waals surface area contributed by atoms with Gasteiger partial charge in [-0.05, 0) is 31.0 Å². The third-order valence-corrected chi connectivity index (χ3v) is 6.74. The number of hydrogen-bond donors (Lipinski definition) is 0. The van der Waals surface area contributed by atoms with Gasteiger partial charge in [0.25, 0.3) is 0 Å². The van der Waals surface area contributed by atoms with Gasteiger partial charge >= 0.3 is 0 Å². The van der Waals surface area contributed by atoms with E-state index in [4.69, 9.17) is 16.3 Å². The third-order valence-electron chi connectivity index (χ3n) is 6.41. The molecule has 2 aliphatic rings. The average molecular weight is 472 g/mol. The summed E-state index contributed by atoms with van der Waals surface area (Å²) >= 11 is 6.26. The van der Waals surface area contributed by atoms with Gasteiger partial charge in [0.2, 0.25) is 11.8 Å². The van der Waals surface area contributed by atoms with E-state index >= 15 is 0 Å². The summed E-state index contributed by atoms with van der Waals surface area (Å²) in [5, 5.41) is 9.36. The van der Waals surface area contributed by atoms with Crippen molar-refractivity contribution < 1.29 is 14.3 Å². The Morgan fingerprint density at radius 3 is 2.45 bits per heavy atom. The Hall–Kier alpha value is -2.71. The first kappa shape index (κ1) is 23.4. The lowest BCUT2D eigenvalue weighted by atomic mass is 9.84. The molecule has 1 aromatic carbocycles. The van der Waals surface area contributed by atoms with Crippen LogP contribution in [0.25, 0.3) is 11.3 Å². The number of anilines is 1. The van der Waals surface area contributed by atoms with Gasteiger partial charge in [-0.15, -0.1) is 10.2 Å². The summed E-state index contributed by atoms with van der Waals surface area (Å²) in [6, 6.07) is 11.4. The molecule has 176 valence electrons. The zero-order valence-corrected chi connectivity index (χ0v) is 19.7. The predicted molar refractivity (Wildman–Crippen MR) is 127 cm³/mol. The first-order valence-electron chi connectivity index (χ1n) is 11.5. The summed E-state index contributed by atoms with van der Waals surface area (Å²) < 4.78 is 5.14. The van der Waals surface area contributed by atoms with Crippen LogP contribution in [0.2, 0.25) is 5.02 Å². The number of rotatable bonds is 8. The number of carbonyl (C=O) groups excluding carboxylic acids is 2. The minimum atomic E-state index is -0.0152. The van der Waals surface area contributed by atoms with Gasteiger partial charge in [-0.1, -0.05) is 36.2 Å². The van der Waals surface area contributed by atoms with Crippen LogP contribution < -0.4 is 4.90 Å². The number of hydrogen-bond acceptors (Lipinski definition) is 6. The molecule has 2 fully saturated rings. The van der Waals surface area contributed by atoms with Gasteiger partial charge in [0.05, 0.1) is 23.9 Å². The van der Waals surface area contributed by atoms with Crippen LogP contribution in [0.4, 0.5) is 5.82 Å². The quantitative estimate of drug-likeness (QED) is 0.589. The van der Waals surface area contributed by atoms with Crippen LogP contribution >= 0.6 is 11.6 Å². The molecule has 2 aromatic rings. The number of amides is 2. The number of ether oxygens (including phenoxy) is 1. The molecule has 33 heavy (non-hydrogen) atoms. The SMILES string of the molecule is COCCN(CC(=O)N1CCN(c2ccc(-c3ccccc3Cl)nn2)CC1)C(=O)C1CCC1. The topological polar surface area (TPSA) is 78.9 Å². The summed E-state index contributed by atoms with van der Waals surface area (Å²) in [5.74, 6) is 0.913. The number of carbonyl (C=O) groups is 2. The molecule has 0 unspecified atom stereocenters. The van der Waals surface area contributed by atoms with Gasteiger partial charge in [0.1, 0.15) is 0 Å². The molecule has 1 aliphatic carbocycles. The molecule has 2 amide bonds. The van der Waals surface area contributed by atoms with Crippen LogP contribution in [0.15, 0.2) is 36.4 Å². The Labute approximate surface area is 199 Å². The predicted octanol–water partition coefficient (Wildman–Crippen LogP) is 2.72. The Kier molecular flexibility index (Phi) is 7.77. The normalized spacial score (nSPS) is 16.4. The van der Waals surface area contributed by atoms with Crippen LogP contribution in [-0.4, -0.2) is 84.8 Å². The van der Waals surface area contributed by atoms with Gasteiger partial charge in [0, 0.05) is 51.3 Å². The Morgan fingerprint density at radius 1 is 1.09 bits per heavy atom. The minimum Gasteiger partial charge on any atom is -0.383 e. The number of methoxy groups -OCH3 is 1. The van der Waals surface area contributed by atoms with E-state index in [2.05, 4.69) is 15.1 Å². The lowest BCUT2D eigenvalue weighted by Crippen LogP contribution is -2.53. The highest BCUT2D eigenvalue weighted by Gasteiger charge is 2.31. The van der Waals surface area contributed by atoms with Gasteiger partial charge in [-0.25, -0.2) is 0 Å². The Morgan fingerprint density at radius 2 is 1.85 bits per heavy atom. The number of halogens is 1. The molecule has 1 aliphatic heterocycles. The summed E-state index contributed by atoms with van der Waals surface area (Å²) in [4.78, 5) is 31.2. The van der Waals surface area contributed by atoms with E-state index in [0.29, 0.717) is 44.4 Å². The van der Waals surface area contributed by atoms with Crippen molar-refractivity contribution in [3.05, 3.63) is 41.4 Å². The maximum atomic E-state index is 12.9. The van der Waals surface area contributed by atoms with E-state index in [1.54, 1.807) is 12.0 Å². The highest BCUT2D eigenvalue weighted by atomic mass is 35.5. The second-order valence-electron chi connectivity index (χ2n) is 8.50. The number of benzene rings is 1. The first-order chi connectivity index (χ1) is 16.1. The van der Waals surface area contributed by atoms with Crippen molar-refractivity contribution in [2.45, 2.75) is 19.3 Å². The Balaban J connectivity index is 1.31. The number of nitrogens with zero attached hydrogens (tertiary/aromatic N) is 5. The van der Waals surface area contributed by atoms with E-state index in [1.165, 1.54) is 0 Å². The average Bonchev–Trinajstić information content (AvgIpc) is 2.81. The zero-order chi connectivity index (χ0) is 23.2. The van der Waals surface area contributed by atoms with Crippen LogP contribution in [0.3, 0.4) is 0 Å². The van der Waals surface area contributed by atoms with Crippen LogP contribution in [0.1, 0.15) is 19.3 Å². The molecule has 1 saturated carbocycles. The minimum absolute atomic E-state index is 0.0152. The maximum Gasteiger partial charge on any atom is 0.242 e. The van der Waals surface area contributed by atoms with Crippen molar-refractivity contribution in [3.63, 3.8) is 0 Å². The fraction of sp³-hybridized carbons (Fsp3) is 0.500. The van der Waals surface area contributed by atoms with Crippen molar-refractivity contribution >= 4 is 29.2 Å². The van der Waals surface area contributed by atoms with Gasteiger partial charge < -0.3 is 19.4 Å². The Bertz CT molecular complexity index is 959. The smallest absolute Gasteiger partial charge is 0.242 e. The molecule has 0 atom stereocenters. The third kappa shape index (κ3) is 5.62. The maximum absolute atomic E-state index is 12.9. The van der Waals surface area contributed by atoms with Crippen LogP contribution in [-0.2, 0) is 14.3 Å². The van der Waals surface area contributed by atoms with Crippen molar-refractivity contribution in [3.8, 4) is 11.3 Å². The lowest BCUT2D eigenvalue weighted by Gasteiger charge is -2.37. The van der Waals surface area contributed by atoms with Gasteiger partial charge in [0.15, 0.2) is 5.82 Å². The van der Waals surface area contributed by atoms with Crippen LogP contribution in [0.5, 0.6) is 0 Å². The van der Waals surface area contributed by atoms with Crippen molar-refractivity contribution in [1.82, 2.24) is 20.0 Å². The van der Waals surface area contributed by atoms with E-state index in [-0.39, 0.29) is 24.3 Å². The van der Waals surface area contributed by atoms with E-state index in [0.717, 1.165) is 36.3 Å². The second kappa shape index (κ2) is 10.9. The van der Waals surface area contributed by atoms with Crippen LogP contribution in [0, 0.1) is 5.92 Å². The van der Waals surface area contributed by atoms with Gasteiger partial charge in [-0.2, -0.15) is 0 Å². The summed E-state index contributed by atoms with van der Waals surface area (Å²) in [7, 11) is 1.61. The molecule has 2 heterocycles. The molecule has 9 heteroatoms. The van der Waals surface area contributed by atoms with Crippen molar-refractivity contribution in [2.75, 3.05) is 57.9 Å². The summed E-state index contributed by atoms with van der Waals surface area (Å²) in [6.07, 6.45) is 2.93. The number of aromatic nitrogens is 2. The van der Waals surface area contributed by atoms with E-state index in [9.17, 15) is 9.59 Å². The second-order valence-corrected chi connectivity index (χ2v) is 8.91. The lowest BCUT2D eigenvalue weighted by molar-refractivity contribution is -0.145. The molecule has 4 rings (SSSR count). The molecule has 0 spiro atoms.